The van der Waals surface area contributed by atoms with Gasteiger partial charge < -0.3 is 20.6 Å². The van der Waals surface area contributed by atoms with Crippen LogP contribution >= 0.6 is 0 Å². The first-order chi connectivity index (χ1) is 10.5. The van der Waals surface area contributed by atoms with Crippen LogP contribution in [0.4, 0.5) is 0 Å². The zero-order chi connectivity index (χ0) is 16.1. The molecule has 112 valence electrons. The highest BCUT2D eigenvalue weighted by Crippen LogP contribution is 2.16. The van der Waals surface area contributed by atoms with Crippen molar-refractivity contribution in [1.29, 1.82) is 0 Å². The first kappa shape index (κ1) is 15.1. The number of nitrogens with one attached hydrogen (secondary N) is 1. The van der Waals surface area contributed by atoms with Gasteiger partial charge in [0.15, 0.2) is 0 Å². The zero-order valence-electron chi connectivity index (χ0n) is 11.4. The maximum Gasteiger partial charge on any atom is 0.352 e. The molecule has 0 aliphatic rings. The summed E-state index contributed by atoms with van der Waals surface area (Å²) in [6, 6.07) is 11.6. The number of aromatic hydroxyl groups is 2. The molecule has 2 aromatic rings. The summed E-state index contributed by atoms with van der Waals surface area (Å²) in [7, 11) is 0. The Morgan fingerprint density at radius 1 is 0.955 bits per heavy atom. The molecule has 0 bridgehead atoms. The van der Waals surface area contributed by atoms with E-state index >= 15 is 0 Å². The third-order valence-corrected chi connectivity index (χ3v) is 2.83. The summed E-state index contributed by atoms with van der Waals surface area (Å²) in [6.45, 7) is 0. The molecule has 0 aliphatic carbocycles. The van der Waals surface area contributed by atoms with Crippen molar-refractivity contribution >= 4 is 18.0 Å². The molecule has 2 aromatic carbocycles. The number of aliphatic carboxylic acids is 1. The number of rotatable bonds is 4. The van der Waals surface area contributed by atoms with E-state index in [1.54, 1.807) is 12.1 Å². The van der Waals surface area contributed by atoms with Crippen LogP contribution in [-0.4, -0.2) is 27.2 Å². The number of carboxylic acid groups (broad SMARTS) is 1. The number of phenolic OH excluding ortho intramolecular Hbond substituents is 2. The molecule has 0 atom stereocenters. The normalized spacial score (nSPS) is 11.0. The van der Waals surface area contributed by atoms with Gasteiger partial charge in [-0.15, -0.1) is 0 Å². The minimum absolute atomic E-state index is 0.0274. The van der Waals surface area contributed by atoms with Crippen molar-refractivity contribution in [2.45, 2.75) is 0 Å². The number of hydrogen-bond donors (Lipinski definition) is 4. The van der Waals surface area contributed by atoms with E-state index in [0.717, 1.165) is 0 Å². The monoisotopic (exact) mass is 299 g/mol. The number of carbonyl (C=O) groups is 2. The van der Waals surface area contributed by atoms with Gasteiger partial charge >= 0.3 is 5.97 Å². The highest BCUT2D eigenvalue weighted by atomic mass is 16.4. The fourth-order valence-corrected chi connectivity index (χ4v) is 1.74. The summed E-state index contributed by atoms with van der Waals surface area (Å²) in [5.41, 5.74) is 0.118. The van der Waals surface area contributed by atoms with Crippen molar-refractivity contribution in [3.8, 4) is 11.5 Å². The molecule has 1 amide bonds. The van der Waals surface area contributed by atoms with Gasteiger partial charge in [-0.2, -0.15) is 0 Å². The van der Waals surface area contributed by atoms with Gasteiger partial charge in [-0.05, 0) is 35.9 Å². The Hall–Kier alpha value is -3.28. The maximum atomic E-state index is 12.0. The van der Waals surface area contributed by atoms with E-state index in [-0.39, 0.29) is 22.8 Å². The van der Waals surface area contributed by atoms with Crippen LogP contribution in [0.15, 0.2) is 54.2 Å². The molecular weight excluding hydrogens is 286 g/mol. The van der Waals surface area contributed by atoms with Crippen LogP contribution in [0.1, 0.15) is 15.9 Å². The smallest absolute Gasteiger partial charge is 0.352 e. The van der Waals surface area contributed by atoms with Gasteiger partial charge in [-0.25, -0.2) is 4.79 Å². The molecule has 0 saturated carbocycles. The van der Waals surface area contributed by atoms with Crippen LogP contribution in [-0.2, 0) is 4.79 Å². The lowest BCUT2D eigenvalue weighted by atomic mass is 10.1. The second kappa shape index (κ2) is 6.45. The number of para-hydroxylation sites is 1. The largest absolute Gasteiger partial charge is 0.508 e. The van der Waals surface area contributed by atoms with E-state index in [4.69, 9.17) is 5.11 Å². The number of benzene rings is 2. The van der Waals surface area contributed by atoms with Gasteiger partial charge in [0.2, 0.25) is 0 Å². The molecule has 0 aliphatic heterocycles. The lowest BCUT2D eigenvalue weighted by Gasteiger charge is -2.07. The lowest BCUT2D eigenvalue weighted by molar-refractivity contribution is -0.132. The fraction of sp³-hybridized carbons (Fsp3) is 0. The van der Waals surface area contributed by atoms with Crippen molar-refractivity contribution in [2.75, 3.05) is 0 Å². The molecule has 0 saturated heterocycles. The standard InChI is InChI=1S/C16H13NO5/c18-11-7-5-10(6-8-11)9-13(16(21)22)17-15(20)12-3-1-2-4-14(12)19/h1-9,18-19H,(H,17,20)(H,21,22)/b13-9-. The van der Waals surface area contributed by atoms with Crippen LogP contribution in [0.25, 0.3) is 6.08 Å². The summed E-state index contributed by atoms with van der Waals surface area (Å²) >= 11 is 0. The SMILES string of the molecule is O=C(O)/C(=C/c1ccc(O)cc1)NC(=O)c1ccccc1O. The Kier molecular flexibility index (Phi) is 4.43. The summed E-state index contributed by atoms with van der Waals surface area (Å²) < 4.78 is 0. The number of hydrogen-bond acceptors (Lipinski definition) is 4. The minimum Gasteiger partial charge on any atom is -0.508 e. The van der Waals surface area contributed by atoms with Crippen LogP contribution in [0.2, 0.25) is 0 Å². The second-order valence-electron chi connectivity index (χ2n) is 4.43. The molecule has 0 spiro atoms. The average molecular weight is 299 g/mol. The van der Waals surface area contributed by atoms with Crippen molar-refractivity contribution in [3.63, 3.8) is 0 Å². The molecule has 6 heteroatoms. The molecule has 0 aromatic heterocycles. The van der Waals surface area contributed by atoms with E-state index in [2.05, 4.69) is 5.32 Å². The van der Waals surface area contributed by atoms with Crippen LogP contribution < -0.4 is 5.32 Å². The highest BCUT2D eigenvalue weighted by Gasteiger charge is 2.15. The van der Waals surface area contributed by atoms with Gasteiger partial charge in [0.05, 0.1) is 5.56 Å². The maximum absolute atomic E-state index is 12.0. The first-order valence-corrected chi connectivity index (χ1v) is 6.31. The third-order valence-electron chi connectivity index (χ3n) is 2.83. The van der Waals surface area contributed by atoms with E-state index in [0.29, 0.717) is 5.56 Å². The number of amides is 1. The van der Waals surface area contributed by atoms with Crippen molar-refractivity contribution < 1.29 is 24.9 Å². The van der Waals surface area contributed by atoms with E-state index in [9.17, 15) is 19.8 Å². The fourth-order valence-electron chi connectivity index (χ4n) is 1.74. The van der Waals surface area contributed by atoms with Crippen molar-refractivity contribution in [1.82, 2.24) is 5.32 Å². The molecule has 0 unspecified atom stereocenters. The summed E-state index contributed by atoms with van der Waals surface area (Å²) in [5, 5.41) is 30.2. The van der Waals surface area contributed by atoms with Crippen LogP contribution in [0.5, 0.6) is 11.5 Å². The molecule has 4 N–H and O–H groups in total. The number of phenols is 2. The van der Waals surface area contributed by atoms with Crippen LogP contribution in [0.3, 0.4) is 0 Å². The molecule has 0 fully saturated rings. The van der Waals surface area contributed by atoms with Gasteiger partial charge in [0, 0.05) is 0 Å². The topological polar surface area (TPSA) is 107 Å². The molecule has 0 radical (unpaired) electrons. The van der Waals surface area contributed by atoms with Crippen LogP contribution in [0, 0.1) is 0 Å². The Balaban J connectivity index is 2.26. The third kappa shape index (κ3) is 3.63. The van der Waals surface area contributed by atoms with Gasteiger partial charge in [0.1, 0.15) is 17.2 Å². The van der Waals surface area contributed by atoms with Gasteiger partial charge in [0.25, 0.3) is 5.91 Å². The van der Waals surface area contributed by atoms with E-state index in [1.165, 1.54) is 42.5 Å². The molecule has 22 heavy (non-hydrogen) atoms. The van der Waals surface area contributed by atoms with E-state index in [1.807, 2.05) is 0 Å². The highest BCUT2D eigenvalue weighted by molar-refractivity contribution is 6.04. The van der Waals surface area contributed by atoms with Gasteiger partial charge in [-0.1, -0.05) is 24.3 Å². The molecule has 0 heterocycles. The summed E-state index contributed by atoms with van der Waals surface area (Å²) in [5.74, 6) is -2.25. The minimum atomic E-state index is -1.32. The van der Waals surface area contributed by atoms with Crippen molar-refractivity contribution in [2.24, 2.45) is 0 Å². The van der Waals surface area contributed by atoms with Crippen molar-refractivity contribution in [3.05, 3.63) is 65.4 Å². The molecule has 2 rings (SSSR count). The molecular formula is C16H13NO5. The predicted octanol–water partition coefficient (Wildman–Crippen LogP) is 1.95. The Morgan fingerprint density at radius 3 is 2.18 bits per heavy atom. The van der Waals surface area contributed by atoms with Gasteiger partial charge in [-0.3, -0.25) is 4.79 Å². The van der Waals surface area contributed by atoms with E-state index < -0.39 is 11.9 Å². The lowest BCUT2D eigenvalue weighted by Crippen LogP contribution is -2.27. The summed E-state index contributed by atoms with van der Waals surface area (Å²) in [4.78, 5) is 23.2. The predicted molar refractivity (Wildman–Crippen MR) is 79.3 cm³/mol. The zero-order valence-corrected chi connectivity index (χ0v) is 11.4. The molecule has 6 nitrogen and oxygen atoms in total. The Labute approximate surface area is 126 Å². The number of carboxylic acids is 1. The quantitative estimate of drug-likeness (QED) is 0.646. The first-order valence-electron chi connectivity index (χ1n) is 6.31. The Bertz CT molecular complexity index is 734. The second-order valence-corrected chi connectivity index (χ2v) is 4.43. The average Bonchev–Trinajstić information content (AvgIpc) is 2.49. The summed E-state index contributed by atoms with van der Waals surface area (Å²) in [6.07, 6.45) is 1.25. The Morgan fingerprint density at radius 2 is 1.59 bits per heavy atom. The number of carbonyl (C=O) groups excluding carboxylic acids is 1.